The van der Waals surface area contributed by atoms with E-state index in [1.165, 1.54) is 6.07 Å². The minimum atomic E-state index is -0.321. The SMILES string of the molecule is C[C@H](c1ccccn1)N(CCN(C)C)C(=S)Nc1ccccc1F. The number of hydrogen-bond donors (Lipinski definition) is 1. The second kappa shape index (κ2) is 8.70. The standard InChI is InChI=1S/C18H23FN4S/c1-14(16-9-6-7-11-20-16)23(13-12-22(2)3)18(24)21-17-10-5-4-8-15(17)19/h4-11,14H,12-13H2,1-3H3,(H,21,24)/t14-/m1/s1. The quantitative estimate of drug-likeness (QED) is 0.809. The van der Waals surface area contributed by atoms with Gasteiger partial charge in [-0.05, 0) is 57.5 Å². The summed E-state index contributed by atoms with van der Waals surface area (Å²) < 4.78 is 13.9. The molecule has 0 bridgehead atoms. The normalized spacial score (nSPS) is 12.0. The van der Waals surface area contributed by atoms with Gasteiger partial charge >= 0.3 is 0 Å². The van der Waals surface area contributed by atoms with Crippen molar-refractivity contribution in [2.75, 3.05) is 32.5 Å². The molecule has 0 unspecified atom stereocenters. The smallest absolute Gasteiger partial charge is 0.174 e. The molecule has 0 radical (unpaired) electrons. The lowest BCUT2D eigenvalue weighted by Crippen LogP contribution is -2.41. The van der Waals surface area contributed by atoms with Crippen molar-refractivity contribution in [1.82, 2.24) is 14.8 Å². The summed E-state index contributed by atoms with van der Waals surface area (Å²) in [4.78, 5) is 8.54. The second-order valence-corrected chi connectivity index (χ2v) is 6.22. The van der Waals surface area contributed by atoms with Crippen molar-refractivity contribution >= 4 is 23.0 Å². The number of nitrogens with zero attached hydrogens (tertiary/aromatic N) is 3. The monoisotopic (exact) mass is 346 g/mol. The van der Waals surface area contributed by atoms with Gasteiger partial charge in [0, 0.05) is 19.3 Å². The fourth-order valence-electron chi connectivity index (χ4n) is 2.31. The van der Waals surface area contributed by atoms with E-state index in [1.807, 2.05) is 44.1 Å². The van der Waals surface area contributed by atoms with Crippen molar-refractivity contribution in [3.63, 3.8) is 0 Å². The van der Waals surface area contributed by atoms with Gasteiger partial charge in [0.1, 0.15) is 5.82 Å². The molecule has 0 aliphatic heterocycles. The zero-order chi connectivity index (χ0) is 17.5. The van der Waals surface area contributed by atoms with Crippen LogP contribution in [0.3, 0.4) is 0 Å². The van der Waals surface area contributed by atoms with Crippen LogP contribution in [0.25, 0.3) is 0 Å². The molecule has 0 aliphatic carbocycles. The molecule has 0 saturated carbocycles. The largest absolute Gasteiger partial charge is 0.339 e. The summed E-state index contributed by atoms with van der Waals surface area (Å²) in [5.74, 6) is -0.321. The summed E-state index contributed by atoms with van der Waals surface area (Å²) in [7, 11) is 4.02. The van der Waals surface area contributed by atoms with E-state index < -0.39 is 0 Å². The van der Waals surface area contributed by atoms with Crippen LogP contribution in [-0.4, -0.2) is 47.1 Å². The number of aromatic nitrogens is 1. The Morgan fingerprint density at radius 3 is 2.50 bits per heavy atom. The number of halogens is 1. The minimum absolute atomic E-state index is 0.0158. The maximum atomic E-state index is 13.9. The maximum Gasteiger partial charge on any atom is 0.174 e. The molecule has 2 rings (SSSR count). The highest BCUT2D eigenvalue weighted by molar-refractivity contribution is 7.80. The Morgan fingerprint density at radius 1 is 1.17 bits per heavy atom. The van der Waals surface area contributed by atoms with Crippen molar-refractivity contribution in [2.24, 2.45) is 0 Å². The first-order valence-corrected chi connectivity index (χ1v) is 8.27. The van der Waals surface area contributed by atoms with E-state index in [-0.39, 0.29) is 11.9 Å². The predicted octanol–water partition coefficient (Wildman–Crippen LogP) is 3.54. The first-order valence-electron chi connectivity index (χ1n) is 7.87. The van der Waals surface area contributed by atoms with Gasteiger partial charge in [-0.1, -0.05) is 18.2 Å². The summed E-state index contributed by atoms with van der Waals surface area (Å²) in [6.07, 6.45) is 1.77. The van der Waals surface area contributed by atoms with Crippen LogP contribution in [-0.2, 0) is 0 Å². The molecule has 0 spiro atoms. The van der Waals surface area contributed by atoms with Gasteiger partial charge in [0.15, 0.2) is 5.11 Å². The predicted molar refractivity (Wildman–Crippen MR) is 101 cm³/mol. The molecule has 2 aromatic rings. The molecule has 1 heterocycles. The highest BCUT2D eigenvalue weighted by Gasteiger charge is 2.20. The molecule has 1 N–H and O–H groups in total. The van der Waals surface area contributed by atoms with Gasteiger partial charge in [0.05, 0.1) is 17.4 Å². The van der Waals surface area contributed by atoms with E-state index in [9.17, 15) is 4.39 Å². The number of anilines is 1. The summed E-state index contributed by atoms with van der Waals surface area (Å²) >= 11 is 5.55. The van der Waals surface area contributed by atoms with Crippen LogP contribution in [0.2, 0.25) is 0 Å². The number of thiocarbonyl (C=S) groups is 1. The number of rotatable bonds is 6. The fourth-order valence-corrected chi connectivity index (χ4v) is 2.67. The zero-order valence-electron chi connectivity index (χ0n) is 14.2. The van der Waals surface area contributed by atoms with Gasteiger partial charge in [-0.25, -0.2) is 4.39 Å². The van der Waals surface area contributed by atoms with Crippen LogP contribution in [0.1, 0.15) is 18.7 Å². The van der Waals surface area contributed by atoms with Crippen LogP contribution in [0.4, 0.5) is 10.1 Å². The Morgan fingerprint density at radius 2 is 1.88 bits per heavy atom. The van der Waals surface area contributed by atoms with Gasteiger partial charge in [-0.2, -0.15) is 0 Å². The molecule has 0 aliphatic rings. The highest BCUT2D eigenvalue weighted by atomic mass is 32.1. The second-order valence-electron chi connectivity index (χ2n) is 5.84. The van der Waals surface area contributed by atoms with E-state index in [2.05, 4.69) is 15.2 Å². The van der Waals surface area contributed by atoms with E-state index in [0.29, 0.717) is 17.3 Å². The third-order valence-electron chi connectivity index (χ3n) is 3.75. The van der Waals surface area contributed by atoms with Crippen molar-refractivity contribution in [3.05, 3.63) is 60.2 Å². The van der Waals surface area contributed by atoms with Crippen molar-refractivity contribution < 1.29 is 4.39 Å². The summed E-state index contributed by atoms with van der Waals surface area (Å²) in [5.41, 5.74) is 1.31. The molecule has 4 nitrogen and oxygen atoms in total. The summed E-state index contributed by atoms with van der Waals surface area (Å²) in [6, 6.07) is 12.3. The van der Waals surface area contributed by atoms with Crippen LogP contribution in [0.15, 0.2) is 48.7 Å². The van der Waals surface area contributed by atoms with Crippen LogP contribution in [0.5, 0.6) is 0 Å². The van der Waals surface area contributed by atoms with E-state index in [0.717, 1.165) is 12.2 Å². The van der Waals surface area contributed by atoms with E-state index in [1.54, 1.807) is 24.4 Å². The first kappa shape index (κ1) is 18.3. The van der Waals surface area contributed by atoms with Gasteiger partial charge in [-0.3, -0.25) is 4.98 Å². The minimum Gasteiger partial charge on any atom is -0.339 e. The number of nitrogens with one attached hydrogen (secondary N) is 1. The van der Waals surface area contributed by atoms with Gasteiger partial charge in [0.2, 0.25) is 0 Å². The molecule has 1 atom stereocenters. The zero-order valence-corrected chi connectivity index (χ0v) is 15.1. The molecule has 128 valence electrons. The van der Waals surface area contributed by atoms with Gasteiger partial charge < -0.3 is 15.1 Å². The molecule has 0 amide bonds. The Balaban J connectivity index is 2.18. The Bertz CT molecular complexity index is 663. The number of pyridine rings is 1. The van der Waals surface area contributed by atoms with Crippen LogP contribution >= 0.6 is 12.2 Å². The molecule has 24 heavy (non-hydrogen) atoms. The Hall–Kier alpha value is -2.05. The number of para-hydroxylation sites is 1. The van der Waals surface area contributed by atoms with E-state index >= 15 is 0 Å². The van der Waals surface area contributed by atoms with Crippen LogP contribution < -0.4 is 5.32 Å². The van der Waals surface area contributed by atoms with Gasteiger partial charge in [0.25, 0.3) is 0 Å². The number of likely N-dealkylation sites (N-methyl/N-ethyl adjacent to an activating group) is 1. The molecule has 0 saturated heterocycles. The average molecular weight is 346 g/mol. The van der Waals surface area contributed by atoms with Crippen molar-refractivity contribution in [3.8, 4) is 0 Å². The van der Waals surface area contributed by atoms with Crippen molar-refractivity contribution in [1.29, 1.82) is 0 Å². The Kier molecular flexibility index (Phi) is 6.63. The lowest BCUT2D eigenvalue weighted by atomic mass is 10.2. The molecular weight excluding hydrogens is 323 g/mol. The molecule has 1 aromatic carbocycles. The summed E-state index contributed by atoms with van der Waals surface area (Å²) in [5, 5.41) is 3.51. The molecule has 0 fully saturated rings. The lowest BCUT2D eigenvalue weighted by molar-refractivity contribution is 0.286. The first-order chi connectivity index (χ1) is 11.5. The highest BCUT2D eigenvalue weighted by Crippen LogP contribution is 2.20. The fraction of sp³-hybridized carbons (Fsp3) is 0.333. The van der Waals surface area contributed by atoms with Gasteiger partial charge in [-0.15, -0.1) is 0 Å². The summed E-state index contributed by atoms with van der Waals surface area (Å²) in [6.45, 7) is 3.59. The molecule has 1 aromatic heterocycles. The molecule has 6 heteroatoms. The third-order valence-corrected chi connectivity index (χ3v) is 4.08. The molecular formula is C18H23FN4S. The lowest BCUT2D eigenvalue weighted by Gasteiger charge is -2.32. The Labute approximate surface area is 148 Å². The number of hydrogen-bond acceptors (Lipinski definition) is 3. The van der Waals surface area contributed by atoms with E-state index in [4.69, 9.17) is 12.2 Å². The third kappa shape index (κ3) is 4.97. The van der Waals surface area contributed by atoms with Crippen LogP contribution in [0, 0.1) is 5.82 Å². The maximum absolute atomic E-state index is 13.9. The average Bonchev–Trinajstić information content (AvgIpc) is 2.57. The topological polar surface area (TPSA) is 31.4 Å². The number of benzene rings is 1. The van der Waals surface area contributed by atoms with Crippen molar-refractivity contribution in [2.45, 2.75) is 13.0 Å².